The van der Waals surface area contributed by atoms with Crippen molar-refractivity contribution in [1.29, 1.82) is 0 Å². The van der Waals surface area contributed by atoms with Gasteiger partial charge in [0, 0.05) is 18.4 Å². The normalized spacial score (nSPS) is 51.4. The van der Waals surface area contributed by atoms with E-state index >= 15 is 0 Å². The van der Waals surface area contributed by atoms with Gasteiger partial charge in [-0.25, -0.2) is 0 Å². The quantitative estimate of drug-likeness (QED) is 0.469. The van der Waals surface area contributed by atoms with Gasteiger partial charge in [-0.2, -0.15) is 0 Å². The van der Waals surface area contributed by atoms with Gasteiger partial charge in [-0.1, -0.05) is 34.6 Å². The van der Waals surface area contributed by atoms with Crippen LogP contribution < -0.4 is 5.32 Å². The summed E-state index contributed by atoms with van der Waals surface area (Å²) in [5.74, 6) is 1.00. The maximum absolute atomic E-state index is 12.1. The van der Waals surface area contributed by atoms with Crippen molar-refractivity contribution < 1.29 is 20.1 Å². The molecule has 0 radical (unpaired) electrons. The highest BCUT2D eigenvalue weighted by Gasteiger charge is 2.71. The summed E-state index contributed by atoms with van der Waals surface area (Å²) in [4.78, 5) is 12.1. The standard InChI is InChI=1S/C28H49NO4/c1-6-14-29-23(33)9-7-8-18-10-12-27(4)24-20(15-22(32)28(18,27)5)26(3)13-11-19(30)16-25(26,2)17-21(24)31/h18-22,24,30-32H,6-17H2,1-5H3,(H,29,33). The molecule has 0 aromatic carbocycles. The van der Waals surface area contributed by atoms with E-state index in [2.05, 4.69) is 39.9 Å². The first kappa shape index (κ1) is 25.4. The van der Waals surface area contributed by atoms with Gasteiger partial charge in [0.25, 0.3) is 0 Å². The summed E-state index contributed by atoms with van der Waals surface area (Å²) in [6, 6.07) is 0. The molecule has 5 heteroatoms. The average molecular weight is 464 g/mol. The Bertz CT molecular complexity index is 743. The van der Waals surface area contributed by atoms with Gasteiger partial charge in [0.05, 0.1) is 18.3 Å². The van der Waals surface area contributed by atoms with Crippen molar-refractivity contribution >= 4 is 5.91 Å². The van der Waals surface area contributed by atoms with E-state index in [1.807, 2.05) is 0 Å². The molecule has 4 N–H and O–H groups in total. The number of carbonyl (C=O) groups excluding carboxylic acids is 1. The third-order valence-corrected chi connectivity index (χ3v) is 11.9. The van der Waals surface area contributed by atoms with Gasteiger partial charge >= 0.3 is 0 Å². The van der Waals surface area contributed by atoms with Crippen molar-refractivity contribution in [2.75, 3.05) is 6.54 Å². The summed E-state index contributed by atoms with van der Waals surface area (Å²) in [6.07, 6.45) is 8.51. The summed E-state index contributed by atoms with van der Waals surface area (Å²) in [5, 5.41) is 36.8. The van der Waals surface area contributed by atoms with Crippen molar-refractivity contribution in [3.8, 4) is 0 Å². The number of hydrogen-bond donors (Lipinski definition) is 4. The van der Waals surface area contributed by atoms with Crippen LogP contribution >= 0.6 is 0 Å². The molecule has 4 rings (SSSR count). The van der Waals surface area contributed by atoms with Crippen molar-refractivity contribution in [2.45, 2.75) is 124 Å². The Hall–Kier alpha value is -0.650. The highest BCUT2D eigenvalue weighted by Crippen LogP contribution is 2.75. The van der Waals surface area contributed by atoms with Crippen LogP contribution in [0.1, 0.15) is 105 Å². The second kappa shape index (κ2) is 8.78. The second-order valence-electron chi connectivity index (χ2n) is 13.2. The third-order valence-electron chi connectivity index (χ3n) is 11.9. The van der Waals surface area contributed by atoms with Crippen LogP contribution in [0.25, 0.3) is 0 Å². The number of carbonyl (C=O) groups is 1. The van der Waals surface area contributed by atoms with E-state index in [1.165, 1.54) is 0 Å². The van der Waals surface area contributed by atoms with E-state index in [0.717, 1.165) is 70.8 Å². The van der Waals surface area contributed by atoms with Crippen LogP contribution in [0.5, 0.6) is 0 Å². The molecule has 4 fully saturated rings. The van der Waals surface area contributed by atoms with Crippen molar-refractivity contribution in [1.82, 2.24) is 5.32 Å². The summed E-state index contributed by atoms with van der Waals surface area (Å²) in [6.45, 7) is 12.1. The van der Waals surface area contributed by atoms with Crippen LogP contribution in [0.2, 0.25) is 0 Å². The molecule has 5 nitrogen and oxygen atoms in total. The minimum absolute atomic E-state index is 0.0386. The molecule has 10 atom stereocenters. The fourth-order valence-corrected chi connectivity index (χ4v) is 9.58. The molecule has 4 aliphatic rings. The lowest BCUT2D eigenvalue weighted by atomic mass is 9.36. The Balaban J connectivity index is 1.56. The number of rotatable bonds is 6. The summed E-state index contributed by atoms with van der Waals surface area (Å²) >= 11 is 0. The molecule has 0 aliphatic heterocycles. The molecule has 0 aromatic heterocycles. The summed E-state index contributed by atoms with van der Waals surface area (Å²) in [7, 11) is 0. The Labute approximate surface area is 201 Å². The SMILES string of the molecule is CCCNC(=O)CCCC1CCC2(C)C3C(O)CC4(C)CC(O)CCC4(C)C3CC(O)C12C. The number of amides is 1. The van der Waals surface area contributed by atoms with Gasteiger partial charge in [0.2, 0.25) is 5.91 Å². The molecular formula is C28H49NO4. The highest BCUT2D eigenvalue weighted by molar-refractivity contribution is 5.75. The van der Waals surface area contributed by atoms with Gasteiger partial charge in [0.15, 0.2) is 0 Å². The van der Waals surface area contributed by atoms with E-state index in [0.29, 0.717) is 12.3 Å². The van der Waals surface area contributed by atoms with Crippen LogP contribution in [-0.2, 0) is 4.79 Å². The molecule has 0 saturated heterocycles. The Morgan fingerprint density at radius 1 is 1.00 bits per heavy atom. The van der Waals surface area contributed by atoms with Gasteiger partial charge in [-0.05, 0) is 98.2 Å². The largest absolute Gasteiger partial charge is 0.393 e. The van der Waals surface area contributed by atoms with Crippen LogP contribution in [0.4, 0.5) is 0 Å². The number of nitrogens with one attached hydrogen (secondary N) is 1. The lowest BCUT2D eigenvalue weighted by molar-refractivity contribution is -0.259. The minimum Gasteiger partial charge on any atom is -0.393 e. The lowest BCUT2D eigenvalue weighted by Crippen LogP contribution is -2.68. The van der Waals surface area contributed by atoms with Crippen LogP contribution in [-0.4, -0.2) is 46.1 Å². The van der Waals surface area contributed by atoms with Gasteiger partial charge in [-0.3, -0.25) is 4.79 Å². The predicted octanol–water partition coefficient (Wildman–Crippen LogP) is 4.42. The molecule has 0 aromatic rings. The fraction of sp³-hybridized carbons (Fsp3) is 0.964. The monoisotopic (exact) mass is 463 g/mol. The molecule has 190 valence electrons. The smallest absolute Gasteiger partial charge is 0.219 e. The van der Waals surface area contributed by atoms with Crippen LogP contribution in [0.3, 0.4) is 0 Å². The summed E-state index contributed by atoms with van der Waals surface area (Å²) < 4.78 is 0. The zero-order valence-electron chi connectivity index (χ0n) is 21.7. The molecule has 0 heterocycles. The van der Waals surface area contributed by atoms with Gasteiger partial charge in [0.1, 0.15) is 0 Å². The maximum atomic E-state index is 12.1. The molecule has 4 aliphatic carbocycles. The minimum atomic E-state index is -0.386. The molecule has 1 amide bonds. The highest BCUT2D eigenvalue weighted by atomic mass is 16.3. The lowest BCUT2D eigenvalue weighted by Gasteiger charge is -2.69. The first-order valence-electron chi connectivity index (χ1n) is 13.7. The topological polar surface area (TPSA) is 89.8 Å². The van der Waals surface area contributed by atoms with Gasteiger partial charge < -0.3 is 20.6 Å². The van der Waals surface area contributed by atoms with E-state index in [4.69, 9.17) is 0 Å². The van der Waals surface area contributed by atoms with Crippen LogP contribution in [0, 0.1) is 39.4 Å². The number of hydrogen-bond acceptors (Lipinski definition) is 4. The maximum Gasteiger partial charge on any atom is 0.219 e. The predicted molar refractivity (Wildman–Crippen MR) is 130 cm³/mol. The first-order valence-corrected chi connectivity index (χ1v) is 13.7. The van der Waals surface area contributed by atoms with Crippen molar-refractivity contribution in [2.24, 2.45) is 39.4 Å². The van der Waals surface area contributed by atoms with E-state index in [9.17, 15) is 20.1 Å². The number of fused-ring (bicyclic) bond motifs is 5. The van der Waals surface area contributed by atoms with E-state index in [1.54, 1.807) is 0 Å². The molecule has 33 heavy (non-hydrogen) atoms. The molecule has 0 bridgehead atoms. The number of aliphatic hydroxyl groups excluding tert-OH is 3. The van der Waals surface area contributed by atoms with Gasteiger partial charge in [-0.15, -0.1) is 0 Å². The average Bonchev–Trinajstić information content (AvgIpc) is 3.01. The van der Waals surface area contributed by atoms with Crippen molar-refractivity contribution in [3.63, 3.8) is 0 Å². The zero-order valence-corrected chi connectivity index (χ0v) is 21.7. The van der Waals surface area contributed by atoms with Crippen molar-refractivity contribution in [3.05, 3.63) is 0 Å². The second-order valence-corrected chi connectivity index (χ2v) is 13.2. The molecule has 0 spiro atoms. The van der Waals surface area contributed by atoms with Crippen LogP contribution in [0.15, 0.2) is 0 Å². The fourth-order valence-electron chi connectivity index (χ4n) is 9.58. The zero-order chi connectivity index (χ0) is 24.2. The third kappa shape index (κ3) is 3.71. The molecular weight excluding hydrogens is 414 g/mol. The molecule has 10 unspecified atom stereocenters. The Kier molecular flexibility index (Phi) is 6.77. The molecule has 4 saturated carbocycles. The van der Waals surface area contributed by atoms with E-state index in [-0.39, 0.29) is 57.7 Å². The number of aliphatic hydroxyl groups is 3. The first-order chi connectivity index (χ1) is 15.4. The van der Waals surface area contributed by atoms with E-state index < -0.39 is 0 Å². The Morgan fingerprint density at radius 2 is 1.70 bits per heavy atom. The Morgan fingerprint density at radius 3 is 2.39 bits per heavy atom. The summed E-state index contributed by atoms with van der Waals surface area (Å²) in [5.41, 5.74) is -0.382.